The summed E-state index contributed by atoms with van der Waals surface area (Å²) in [5, 5.41) is 12.3. The first-order chi connectivity index (χ1) is 9.13. The number of aromatic nitrogens is 1. The third kappa shape index (κ3) is 2.63. The number of carboxylic acid groups (broad SMARTS) is 1. The highest BCUT2D eigenvalue weighted by atomic mass is 16.4. The van der Waals surface area contributed by atoms with Crippen molar-refractivity contribution in [3.8, 4) is 0 Å². The van der Waals surface area contributed by atoms with E-state index in [9.17, 15) is 4.79 Å². The van der Waals surface area contributed by atoms with Crippen LogP contribution in [0.15, 0.2) is 12.3 Å². The maximum Gasteiger partial charge on any atom is 0.337 e. The van der Waals surface area contributed by atoms with Gasteiger partial charge in [0, 0.05) is 25.2 Å². The number of pyridine rings is 1. The number of nitrogens with zero attached hydrogens (tertiary/aromatic N) is 2. The molecule has 102 valence electrons. The van der Waals surface area contributed by atoms with Gasteiger partial charge in [-0.25, -0.2) is 9.78 Å². The van der Waals surface area contributed by atoms with Crippen LogP contribution < -0.4 is 11.1 Å². The minimum absolute atomic E-state index is 0.106. The fraction of sp³-hybridized carbons (Fsp3) is 0.538. The summed E-state index contributed by atoms with van der Waals surface area (Å²) in [5.41, 5.74) is 5.89. The summed E-state index contributed by atoms with van der Waals surface area (Å²) in [6, 6.07) is 2.64. The van der Waals surface area contributed by atoms with E-state index < -0.39 is 5.97 Å². The number of likely N-dealkylation sites (tertiary alicyclic amines) is 1. The van der Waals surface area contributed by atoms with E-state index in [1.54, 1.807) is 0 Å². The fourth-order valence-corrected chi connectivity index (χ4v) is 2.62. The highest BCUT2D eigenvalue weighted by molar-refractivity contribution is 5.94. The molecule has 6 nitrogen and oxygen atoms in total. The molecule has 2 fully saturated rings. The number of nitrogens with two attached hydrogens (primary N) is 1. The van der Waals surface area contributed by atoms with Gasteiger partial charge in [-0.2, -0.15) is 0 Å². The van der Waals surface area contributed by atoms with E-state index in [1.807, 2.05) is 0 Å². The van der Waals surface area contributed by atoms with Crippen LogP contribution in [-0.2, 0) is 0 Å². The van der Waals surface area contributed by atoms with Gasteiger partial charge in [0.05, 0.1) is 17.4 Å². The molecule has 2 heterocycles. The maximum absolute atomic E-state index is 11.0. The summed E-state index contributed by atoms with van der Waals surface area (Å²) in [7, 11) is 0. The molecular weight excluding hydrogens is 244 g/mol. The molecule has 4 N–H and O–H groups in total. The van der Waals surface area contributed by atoms with Crippen LogP contribution in [0.2, 0.25) is 0 Å². The summed E-state index contributed by atoms with van der Waals surface area (Å²) in [6.07, 6.45) is 5.11. The lowest BCUT2D eigenvalue weighted by Gasteiger charge is -2.16. The van der Waals surface area contributed by atoms with E-state index >= 15 is 0 Å². The van der Waals surface area contributed by atoms with Crippen LogP contribution in [0.1, 0.15) is 29.6 Å². The maximum atomic E-state index is 11.0. The number of anilines is 2. The number of carboxylic acids is 1. The molecular formula is C13H18N4O2. The van der Waals surface area contributed by atoms with Crippen molar-refractivity contribution in [2.75, 3.05) is 24.1 Å². The zero-order valence-electron chi connectivity index (χ0n) is 10.7. The first kappa shape index (κ1) is 12.2. The minimum Gasteiger partial charge on any atom is -0.478 e. The van der Waals surface area contributed by atoms with Crippen molar-refractivity contribution >= 4 is 17.5 Å². The van der Waals surface area contributed by atoms with Gasteiger partial charge in [0.25, 0.3) is 0 Å². The van der Waals surface area contributed by atoms with Crippen LogP contribution in [0.4, 0.5) is 11.5 Å². The highest BCUT2D eigenvalue weighted by Gasteiger charge is 2.34. The van der Waals surface area contributed by atoms with Crippen molar-refractivity contribution in [2.45, 2.75) is 31.3 Å². The first-order valence-electron chi connectivity index (χ1n) is 6.63. The Bertz CT molecular complexity index is 501. The van der Waals surface area contributed by atoms with Crippen molar-refractivity contribution in [2.24, 2.45) is 0 Å². The number of hydrogen-bond acceptors (Lipinski definition) is 5. The van der Waals surface area contributed by atoms with Crippen LogP contribution >= 0.6 is 0 Å². The number of nitrogens with one attached hydrogen (secondary N) is 1. The monoisotopic (exact) mass is 262 g/mol. The lowest BCUT2D eigenvalue weighted by molar-refractivity contribution is 0.0698. The number of nitrogen functional groups attached to an aromatic ring is 1. The molecule has 3 rings (SSSR count). The van der Waals surface area contributed by atoms with Crippen LogP contribution in [0.3, 0.4) is 0 Å². The molecule has 0 amide bonds. The Labute approximate surface area is 111 Å². The Morgan fingerprint density at radius 1 is 1.47 bits per heavy atom. The topological polar surface area (TPSA) is 91.5 Å². The average Bonchev–Trinajstić information content (AvgIpc) is 3.12. The van der Waals surface area contributed by atoms with E-state index in [0.29, 0.717) is 11.9 Å². The summed E-state index contributed by atoms with van der Waals surface area (Å²) >= 11 is 0. The van der Waals surface area contributed by atoms with Crippen molar-refractivity contribution in [1.29, 1.82) is 0 Å². The van der Waals surface area contributed by atoms with Gasteiger partial charge in [0.1, 0.15) is 5.82 Å². The second-order valence-electron chi connectivity index (χ2n) is 5.32. The van der Waals surface area contributed by atoms with Gasteiger partial charge >= 0.3 is 5.97 Å². The summed E-state index contributed by atoms with van der Waals surface area (Å²) in [6.45, 7) is 2.13. The van der Waals surface area contributed by atoms with Gasteiger partial charge in [-0.1, -0.05) is 0 Å². The van der Waals surface area contributed by atoms with E-state index in [0.717, 1.165) is 25.6 Å². The molecule has 19 heavy (non-hydrogen) atoms. The van der Waals surface area contributed by atoms with Crippen molar-refractivity contribution in [3.05, 3.63) is 17.8 Å². The molecule has 6 heteroatoms. The lowest BCUT2D eigenvalue weighted by atomic mass is 10.2. The number of hydrogen-bond donors (Lipinski definition) is 3. The average molecular weight is 262 g/mol. The van der Waals surface area contributed by atoms with Gasteiger partial charge in [-0.15, -0.1) is 0 Å². The molecule has 0 aromatic carbocycles. The third-order valence-electron chi connectivity index (χ3n) is 3.80. The molecule has 1 unspecified atom stereocenters. The van der Waals surface area contributed by atoms with Gasteiger partial charge in [-0.05, 0) is 25.3 Å². The van der Waals surface area contributed by atoms with Gasteiger partial charge < -0.3 is 16.2 Å². The SMILES string of the molecule is Nc1cnc(NC2CCN(C3CC3)C2)cc1C(=O)O. The molecule has 1 aromatic rings. The Kier molecular flexibility index (Phi) is 3.02. The quantitative estimate of drug-likeness (QED) is 0.750. The largest absolute Gasteiger partial charge is 0.478 e. The van der Waals surface area contributed by atoms with Crippen LogP contribution in [0.25, 0.3) is 0 Å². The molecule has 1 atom stereocenters. The molecule has 1 aromatic heterocycles. The molecule has 0 radical (unpaired) electrons. The van der Waals surface area contributed by atoms with E-state index in [4.69, 9.17) is 10.8 Å². The molecule has 2 aliphatic rings. The van der Waals surface area contributed by atoms with E-state index in [1.165, 1.54) is 25.1 Å². The molecule has 1 saturated heterocycles. The standard InChI is InChI=1S/C13H18N4O2/c14-11-6-15-12(5-10(11)13(18)19)16-8-3-4-17(7-8)9-1-2-9/h5-6,8-9H,1-4,7,14H2,(H,15,16)(H,18,19). The second-order valence-corrected chi connectivity index (χ2v) is 5.32. The van der Waals surface area contributed by atoms with Crippen LogP contribution in [-0.4, -0.2) is 46.1 Å². The Morgan fingerprint density at radius 2 is 2.26 bits per heavy atom. The lowest BCUT2D eigenvalue weighted by Crippen LogP contribution is -2.28. The summed E-state index contributed by atoms with van der Waals surface area (Å²) in [5.74, 6) is -0.428. The molecule has 0 bridgehead atoms. The molecule has 1 aliphatic carbocycles. The minimum atomic E-state index is -1.02. The van der Waals surface area contributed by atoms with Crippen molar-refractivity contribution in [1.82, 2.24) is 9.88 Å². The van der Waals surface area contributed by atoms with E-state index in [2.05, 4.69) is 15.2 Å². The van der Waals surface area contributed by atoms with Crippen molar-refractivity contribution in [3.63, 3.8) is 0 Å². The van der Waals surface area contributed by atoms with Gasteiger partial charge in [-0.3, -0.25) is 4.90 Å². The predicted molar refractivity (Wildman–Crippen MR) is 72.2 cm³/mol. The second kappa shape index (κ2) is 4.70. The Morgan fingerprint density at radius 3 is 2.95 bits per heavy atom. The zero-order valence-corrected chi connectivity index (χ0v) is 10.7. The molecule has 0 spiro atoms. The number of rotatable bonds is 4. The van der Waals surface area contributed by atoms with E-state index in [-0.39, 0.29) is 11.3 Å². The number of carbonyl (C=O) groups is 1. The van der Waals surface area contributed by atoms with Crippen LogP contribution in [0, 0.1) is 0 Å². The number of aromatic carboxylic acids is 1. The smallest absolute Gasteiger partial charge is 0.337 e. The Balaban J connectivity index is 1.66. The highest BCUT2D eigenvalue weighted by Crippen LogP contribution is 2.30. The first-order valence-corrected chi connectivity index (χ1v) is 6.63. The normalized spacial score (nSPS) is 23.5. The van der Waals surface area contributed by atoms with Crippen molar-refractivity contribution < 1.29 is 9.90 Å². The fourth-order valence-electron chi connectivity index (χ4n) is 2.62. The summed E-state index contributed by atoms with van der Waals surface area (Å²) in [4.78, 5) is 17.7. The molecule has 1 aliphatic heterocycles. The van der Waals surface area contributed by atoms with Crippen LogP contribution in [0.5, 0.6) is 0 Å². The predicted octanol–water partition coefficient (Wildman–Crippen LogP) is 1.01. The zero-order chi connectivity index (χ0) is 13.4. The summed E-state index contributed by atoms with van der Waals surface area (Å²) < 4.78 is 0. The Hall–Kier alpha value is -1.82. The third-order valence-corrected chi connectivity index (χ3v) is 3.80. The van der Waals surface area contributed by atoms with Gasteiger partial charge in [0.2, 0.25) is 0 Å². The molecule has 1 saturated carbocycles. The van der Waals surface area contributed by atoms with Gasteiger partial charge in [0.15, 0.2) is 0 Å².